The Kier molecular flexibility index (Phi) is 6.33. The lowest BCUT2D eigenvalue weighted by Crippen LogP contribution is -2.15. The smallest absolute Gasteiger partial charge is 0.234 e. The second-order valence-electron chi connectivity index (χ2n) is 5.48. The highest BCUT2D eigenvalue weighted by Gasteiger charge is 2.15. The lowest BCUT2D eigenvalue weighted by molar-refractivity contribution is -0.113. The van der Waals surface area contributed by atoms with Crippen molar-refractivity contribution in [3.05, 3.63) is 42.5 Å². The van der Waals surface area contributed by atoms with Crippen LogP contribution in [0.4, 0.5) is 5.69 Å². The van der Waals surface area contributed by atoms with E-state index in [0.717, 1.165) is 0 Å². The maximum atomic E-state index is 12.4. The molecule has 9 nitrogen and oxygen atoms in total. The average Bonchev–Trinajstić information content (AvgIpc) is 3.20. The normalized spacial score (nSPS) is 10.4. The molecule has 0 aliphatic carbocycles. The number of methoxy groups -OCH3 is 3. The number of carbonyl (C=O) groups is 1. The van der Waals surface area contributed by atoms with Gasteiger partial charge < -0.3 is 19.5 Å². The number of tetrazole rings is 1. The maximum absolute atomic E-state index is 12.4. The minimum atomic E-state index is -0.213. The van der Waals surface area contributed by atoms with Crippen LogP contribution in [0, 0.1) is 0 Å². The molecular weight excluding hydrogens is 382 g/mol. The number of aromatic nitrogens is 4. The van der Waals surface area contributed by atoms with Crippen molar-refractivity contribution < 1.29 is 19.0 Å². The van der Waals surface area contributed by atoms with Crippen molar-refractivity contribution in [2.24, 2.45) is 0 Å². The molecule has 28 heavy (non-hydrogen) atoms. The molecule has 0 saturated carbocycles. The van der Waals surface area contributed by atoms with E-state index in [2.05, 4.69) is 20.8 Å². The average molecular weight is 401 g/mol. The first-order valence-corrected chi connectivity index (χ1v) is 9.20. The number of benzene rings is 2. The van der Waals surface area contributed by atoms with Gasteiger partial charge in [0.15, 0.2) is 0 Å². The van der Waals surface area contributed by atoms with Gasteiger partial charge in [-0.1, -0.05) is 23.9 Å². The van der Waals surface area contributed by atoms with Gasteiger partial charge in [-0.2, -0.15) is 4.68 Å². The summed E-state index contributed by atoms with van der Waals surface area (Å²) >= 11 is 1.21. The number of carbonyl (C=O) groups excluding carboxylic acids is 1. The van der Waals surface area contributed by atoms with Crippen LogP contribution >= 0.6 is 11.8 Å². The predicted molar refractivity (Wildman–Crippen MR) is 105 cm³/mol. The third-order valence-corrected chi connectivity index (χ3v) is 4.64. The molecule has 0 saturated heterocycles. The standard InChI is InChI=1S/C18H19N5O4S/c1-25-13-8-12(9-14(10-13)26-2)19-17(24)11-28-18-20-21-22-23(18)15-6-4-5-7-16(15)27-3/h4-10H,11H2,1-3H3,(H,19,24). The Bertz CT molecular complexity index is 940. The van der Waals surface area contributed by atoms with Gasteiger partial charge in [0.25, 0.3) is 0 Å². The van der Waals surface area contributed by atoms with Crippen LogP contribution in [0.5, 0.6) is 17.2 Å². The molecule has 0 atom stereocenters. The minimum Gasteiger partial charge on any atom is -0.497 e. The predicted octanol–water partition coefficient (Wildman–Crippen LogP) is 2.42. The fourth-order valence-electron chi connectivity index (χ4n) is 2.43. The number of para-hydroxylation sites is 2. The fourth-order valence-corrected chi connectivity index (χ4v) is 3.12. The molecule has 1 amide bonds. The molecule has 10 heteroatoms. The number of hydrogen-bond donors (Lipinski definition) is 1. The van der Waals surface area contributed by atoms with Crippen LogP contribution in [0.3, 0.4) is 0 Å². The quantitative estimate of drug-likeness (QED) is 0.575. The number of anilines is 1. The zero-order valence-electron chi connectivity index (χ0n) is 15.6. The maximum Gasteiger partial charge on any atom is 0.234 e. The Labute approximate surface area is 166 Å². The van der Waals surface area contributed by atoms with Crippen LogP contribution in [0.2, 0.25) is 0 Å². The first-order chi connectivity index (χ1) is 13.6. The summed E-state index contributed by atoms with van der Waals surface area (Å²) in [5.74, 6) is 1.71. The number of nitrogens with zero attached hydrogens (tertiary/aromatic N) is 4. The van der Waals surface area contributed by atoms with Gasteiger partial charge in [-0.3, -0.25) is 4.79 Å². The van der Waals surface area contributed by atoms with Crippen molar-refractivity contribution in [3.8, 4) is 22.9 Å². The van der Waals surface area contributed by atoms with Gasteiger partial charge in [-0.25, -0.2) is 0 Å². The summed E-state index contributed by atoms with van der Waals surface area (Å²) in [4.78, 5) is 12.4. The summed E-state index contributed by atoms with van der Waals surface area (Å²) in [7, 11) is 4.67. The van der Waals surface area contributed by atoms with Crippen LogP contribution in [0.1, 0.15) is 0 Å². The van der Waals surface area contributed by atoms with Gasteiger partial charge in [-0.05, 0) is 22.6 Å². The molecule has 0 aliphatic rings. The van der Waals surface area contributed by atoms with E-state index in [1.807, 2.05) is 24.3 Å². The van der Waals surface area contributed by atoms with E-state index < -0.39 is 0 Å². The van der Waals surface area contributed by atoms with E-state index in [1.54, 1.807) is 39.5 Å². The molecule has 2 aromatic carbocycles. The Hall–Kier alpha value is -3.27. The highest BCUT2D eigenvalue weighted by Crippen LogP contribution is 2.27. The van der Waals surface area contributed by atoms with Crippen molar-refractivity contribution in [2.75, 3.05) is 32.4 Å². The zero-order valence-corrected chi connectivity index (χ0v) is 16.4. The third-order valence-electron chi connectivity index (χ3n) is 3.72. The number of amides is 1. The van der Waals surface area contributed by atoms with Crippen LogP contribution in [-0.4, -0.2) is 53.2 Å². The molecule has 0 radical (unpaired) electrons. The Morgan fingerprint density at radius 1 is 1.07 bits per heavy atom. The first-order valence-electron chi connectivity index (χ1n) is 8.22. The first kappa shape index (κ1) is 19.5. The summed E-state index contributed by atoms with van der Waals surface area (Å²) < 4.78 is 17.3. The van der Waals surface area contributed by atoms with E-state index in [4.69, 9.17) is 14.2 Å². The zero-order chi connectivity index (χ0) is 19.9. The fraction of sp³-hybridized carbons (Fsp3) is 0.222. The van der Waals surface area contributed by atoms with Gasteiger partial charge in [0, 0.05) is 23.9 Å². The topological polar surface area (TPSA) is 100 Å². The largest absolute Gasteiger partial charge is 0.497 e. The van der Waals surface area contributed by atoms with Crippen LogP contribution in [0.25, 0.3) is 5.69 Å². The van der Waals surface area contributed by atoms with Gasteiger partial charge in [0.1, 0.15) is 22.9 Å². The van der Waals surface area contributed by atoms with Gasteiger partial charge in [0.2, 0.25) is 11.1 Å². The molecule has 0 fully saturated rings. The molecule has 0 unspecified atom stereocenters. The molecule has 1 heterocycles. The Morgan fingerprint density at radius 2 is 1.79 bits per heavy atom. The van der Waals surface area contributed by atoms with Crippen LogP contribution < -0.4 is 19.5 Å². The molecule has 0 bridgehead atoms. The highest BCUT2D eigenvalue weighted by atomic mass is 32.2. The van der Waals surface area contributed by atoms with E-state index >= 15 is 0 Å². The minimum absolute atomic E-state index is 0.120. The molecule has 0 spiro atoms. The van der Waals surface area contributed by atoms with Crippen molar-refractivity contribution in [1.82, 2.24) is 20.2 Å². The summed E-state index contributed by atoms with van der Waals surface area (Å²) in [5.41, 5.74) is 1.27. The van der Waals surface area contributed by atoms with E-state index in [0.29, 0.717) is 33.8 Å². The highest BCUT2D eigenvalue weighted by molar-refractivity contribution is 7.99. The SMILES string of the molecule is COc1cc(NC(=O)CSc2nnnn2-c2ccccc2OC)cc(OC)c1. The van der Waals surface area contributed by atoms with Gasteiger partial charge in [0.05, 0.1) is 27.1 Å². The number of rotatable bonds is 8. The van der Waals surface area contributed by atoms with Crippen LogP contribution in [0.15, 0.2) is 47.6 Å². The summed E-state index contributed by atoms with van der Waals surface area (Å²) in [6.07, 6.45) is 0. The molecule has 1 N–H and O–H groups in total. The molecule has 0 aliphatic heterocycles. The van der Waals surface area contributed by atoms with Gasteiger partial charge >= 0.3 is 0 Å². The van der Waals surface area contributed by atoms with E-state index in [9.17, 15) is 4.79 Å². The summed E-state index contributed by atoms with van der Waals surface area (Å²) in [5, 5.41) is 15.0. The second-order valence-corrected chi connectivity index (χ2v) is 6.43. The van der Waals surface area contributed by atoms with E-state index in [-0.39, 0.29) is 11.7 Å². The van der Waals surface area contributed by atoms with Crippen molar-refractivity contribution in [3.63, 3.8) is 0 Å². The number of hydrogen-bond acceptors (Lipinski definition) is 8. The number of ether oxygens (including phenoxy) is 3. The van der Waals surface area contributed by atoms with Crippen molar-refractivity contribution >= 4 is 23.4 Å². The summed E-state index contributed by atoms with van der Waals surface area (Å²) in [6, 6.07) is 12.5. The number of nitrogens with one attached hydrogen (secondary N) is 1. The lowest BCUT2D eigenvalue weighted by atomic mass is 10.2. The molecular formula is C18H19N5O4S. The summed E-state index contributed by atoms with van der Waals surface area (Å²) in [6.45, 7) is 0. The van der Waals surface area contributed by atoms with Gasteiger partial charge in [-0.15, -0.1) is 5.10 Å². The lowest BCUT2D eigenvalue weighted by Gasteiger charge is -2.10. The van der Waals surface area contributed by atoms with Crippen molar-refractivity contribution in [2.45, 2.75) is 5.16 Å². The molecule has 3 rings (SSSR count). The molecule has 1 aromatic heterocycles. The number of thioether (sulfide) groups is 1. The van der Waals surface area contributed by atoms with E-state index in [1.165, 1.54) is 16.4 Å². The van der Waals surface area contributed by atoms with Crippen molar-refractivity contribution in [1.29, 1.82) is 0 Å². The molecule has 3 aromatic rings. The second kappa shape index (κ2) is 9.09. The third kappa shape index (κ3) is 4.52. The Morgan fingerprint density at radius 3 is 2.46 bits per heavy atom. The molecule has 146 valence electrons. The Balaban J connectivity index is 1.69. The van der Waals surface area contributed by atoms with Crippen LogP contribution in [-0.2, 0) is 4.79 Å². The monoisotopic (exact) mass is 401 g/mol.